The van der Waals surface area contributed by atoms with E-state index in [1.54, 1.807) is 22.9 Å². The molecule has 0 saturated heterocycles. The van der Waals surface area contributed by atoms with Crippen LogP contribution >= 0.6 is 0 Å². The zero-order valence-corrected chi connectivity index (χ0v) is 10.5. The van der Waals surface area contributed by atoms with Crippen molar-refractivity contribution in [3.63, 3.8) is 0 Å². The fourth-order valence-corrected chi connectivity index (χ4v) is 2.37. The Bertz CT molecular complexity index is 792. The summed E-state index contributed by atoms with van der Waals surface area (Å²) in [5.74, 6) is -1.72. The van der Waals surface area contributed by atoms with E-state index >= 15 is 0 Å². The number of halogens is 2. The van der Waals surface area contributed by atoms with Crippen LogP contribution in [-0.2, 0) is 6.54 Å². The summed E-state index contributed by atoms with van der Waals surface area (Å²) in [6.07, 6.45) is 2.53. The summed E-state index contributed by atoms with van der Waals surface area (Å²) in [4.78, 5) is 11.1. The van der Waals surface area contributed by atoms with E-state index in [0.29, 0.717) is 5.56 Å². The quantitative estimate of drug-likeness (QED) is 0.664. The topological polar surface area (TPSA) is 22.0 Å². The summed E-state index contributed by atoms with van der Waals surface area (Å²) in [5, 5.41) is 0.895. The monoisotopic (exact) mass is 271 g/mol. The van der Waals surface area contributed by atoms with Gasteiger partial charge >= 0.3 is 0 Å². The van der Waals surface area contributed by atoms with Gasteiger partial charge in [0, 0.05) is 22.7 Å². The summed E-state index contributed by atoms with van der Waals surface area (Å²) in [5.41, 5.74) is 1.51. The van der Waals surface area contributed by atoms with E-state index in [4.69, 9.17) is 0 Å². The summed E-state index contributed by atoms with van der Waals surface area (Å²) < 4.78 is 28.7. The summed E-state index contributed by atoms with van der Waals surface area (Å²) >= 11 is 0. The molecule has 0 aliphatic heterocycles. The highest BCUT2D eigenvalue weighted by Gasteiger charge is 2.11. The van der Waals surface area contributed by atoms with E-state index in [-0.39, 0.29) is 12.1 Å². The van der Waals surface area contributed by atoms with E-state index in [1.165, 1.54) is 12.1 Å². The van der Waals surface area contributed by atoms with Gasteiger partial charge in [-0.25, -0.2) is 8.78 Å². The van der Waals surface area contributed by atoms with Crippen LogP contribution in [0, 0.1) is 11.6 Å². The van der Waals surface area contributed by atoms with Gasteiger partial charge in [0.1, 0.15) is 0 Å². The van der Waals surface area contributed by atoms with Crippen molar-refractivity contribution < 1.29 is 13.6 Å². The third-order valence-corrected chi connectivity index (χ3v) is 3.32. The lowest BCUT2D eigenvalue weighted by molar-refractivity contribution is 0.112. The second kappa shape index (κ2) is 4.89. The van der Waals surface area contributed by atoms with Crippen LogP contribution < -0.4 is 0 Å². The first-order valence-corrected chi connectivity index (χ1v) is 6.16. The van der Waals surface area contributed by atoms with Crippen LogP contribution in [0.25, 0.3) is 10.9 Å². The molecule has 0 unspecified atom stereocenters. The van der Waals surface area contributed by atoms with Gasteiger partial charge in [0.15, 0.2) is 17.9 Å². The Labute approximate surface area is 114 Å². The highest BCUT2D eigenvalue weighted by molar-refractivity contribution is 5.96. The molecule has 0 saturated carbocycles. The molecule has 3 rings (SSSR count). The van der Waals surface area contributed by atoms with E-state index in [2.05, 4.69) is 0 Å². The fourth-order valence-electron chi connectivity index (χ4n) is 2.37. The molecular formula is C16H11F2NO. The normalized spacial score (nSPS) is 10.9. The highest BCUT2D eigenvalue weighted by Crippen LogP contribution is 2.21. The second-order valence-corrected chi connectivity index (χ2v) is 4.56. The Hall–Kier alpha value is -2.49. The largest absolute Gasteiger partial charge is 0.342 e. The maximum absolute atomic E-state index is 13.7. The molecule has 2 aromatic carbocycles. The van der Waals surface area contributed by atoms with Crippen LogP contribution in [0.4, 0.5) is 8.78 Å². The Morgan fingerprint density at radius 1 is 1.05 bits per heavy atom. The number of rotatable bonds is 3. The zero-order valence-electron chi connectivity index (χ0n) is 10.5. The van der Waals surface area contributed by atoms with Crippen LogP contribution in [0.5, 0.6) is 0 Å². The van der Waals surface area contributed by atoms with Gasteiger partial charge in [-0.2, -0.15) is 0 Å². The van der Waals surface area contributed by atoms with Crippen LogP contribution in [0.15, 0.2) is 48.7 Å². The third kappa shape index (κ3) is 1.99. The summed E-state index contributed by atoms with van der Waals surface area (Å²) in [7, 11) is 0. The average Bonchev–Trinajstić information content (AvgIpc) is 2.87. The van der Waals surface area contributed by atoms with Gasteiger partial charge in [0.25, 0.3) is 0 Å². The van der Waals surface area contributed by atoms with E-state index in [0.717, 1.165) is 23.3 Å². The third-order valence-electron chi connectivity index (χ3n) is 3.32. The van der Waals surface area contributed by atoms with E-state index < -0.39 is 11.6 Å². The number of aldehydes is 1. The van der Waals surface area contributed by atoms with Gasteiger partial charge in [-0.3, -0.25) is 4.79 Å². The standard InChI is InChI=1S/C16H11F2NO/c17-14-6-2-4-12(15(14)18)9-19-8-7-11-3-1-5-13(10-20)16(11)19/h1-8,10H,9H2. The van der Waals surface area contributed by atoms with Crippen molar-refractivity contribution in [2.75, 3.05) is 0 Å². The molecule has 2 nitrogen and oxygen atoms in total. The lowest BCUT2D eigenvalue weighted by Gasteiger charge is -2.08. The van der Waals surface area contributed by atoms with Gasteiger partial charge in [-0.1, -0.05) is 24.3 Å². The Morgan fingerprint density at radius 3 is 2.65 bits per heavy atom. The summed E-state index contributed by atoms with van der Waals surface area (Å²) in [6.45, 7) is 0.179. The highest BCUT2D eigenvalue weighted by atomic mass is 19.2. The minimum Gasteiger partial charge on any atom is -0.342 e. The first-order chi connectivity index (χ1) is 9.70. The molecule has 0 fully saturated rings. The SMILES string of the molecule is O=Cc1cccc2ccn(Cc3cccc(F)c3F)c12. The number of hydrogen-bond acceptors (Lipinski definition) is 1. The van der Waals surface area contributed by atoms with Crippen molar-refractivity contribution in [1.29, 1.82) is 0 Å². The van der Waals surface area contributed by atoms with E-state index in [9.17, 15) is 13.6 Å². The molecule has 3 aromatic rings. The molecule has 100 valence electrons. The average molecular weight is 271 g/mol. The molecule has 0 amide bonds. The molecule has 0 atom stereocenters. The van der Waals surface area contributed by atoms with E-state index in [1.807, 2.05) is 12.1 Å². The minimum atomic E-state index is -0.866. The molecule has 0 radical (unpaired) electrons. The van der Waals surface area contributed by atoms with Gasteiger partial charge in [-0.15, -0.1) is 0 Å². The van der Waals surface area contributed by atoms with Gasteiger partial charge in [-0.05, 0) is 18.2 Å². The molecular weight excluding hydrogens is 260 g/mol. The van der Waals surface area contributed by atoms with Gasteiger partial charge < -0.3 is 4.57 Å². The van der Waals surface area contributed by atoms with Crippen LogP contribution in [0.3, 0.4) is 0 Å². The zero-order chi connectivity index (χ0) is 14.1. The molecule has 0 spiro atoms. The van der Waals surface area contributed by atoms with Crippen molar-refractivity contribution >= 4 is 17.2 Å². The number of para-hydroxylation sites is 1. The number of benzene rings is 2. The van der Waals surface area contributed by atoms with Gasteiger partial charge in [0.2, 0.25) is 0 Å². The smallest absolute Gasteiger partial charge is 0.163 e. The minimum absolute atomic E-state index is 0.179. The lowest BCUT2D eigenvalue weighted by atomic mass is 10.1. The molecule has 4 heteroatoms. The van der Waals surface area contributed by atoms with Crippen molar-refractivity contribution in [2.24, 2.45) is 0 Å². The number of carbonyl (C=O) groups is 1. The maximum Gasteiger partial charge on any atom is 0.163 e. The molecule has 0 N–H and O–H groups in total. The molecule has 0 aliphatic rings. The number of carbonyl (C=O) groups excluding carboxylic acids is 1. The van der Waals surface area contributed by atoms with Crippen LogP contribution in [-0.4, -0.2) is 10.9 Å². The van der Waals surface area contributed by atoms with Crippen molar-refractivity contribution in [1.82, 2.24) is 4.57 Å². The fraction of sp³-hybridized carbons (Fsp3) is 0.0625. The molecule has 1 heterocycles. The Balaban J connectivity index is 2.11. The van der Waals surface area contributed by atoms with Gasteiger partial charge in [0.05, 0.1) is 12.1 Å². The number of aromatic nitrogens is 1. The second-order valence-electron chi connectivity index (χ2n) is 4.56. The predicted octanol–water partition coefficient (Wildman–Crippen LogP) is 3.78. The number of fused-ring (bicyclic) bond motifs is 1. The first-order valence-electron chi connectivity index (χ1n) is 6.16. The molecule has 20 heavy (non-hydrogen) atoms. The first kappa shape index (κ1) is 12.5. The Kier molecular flexibility index (Phi) is 3.06. The Morgan fingerprint density at radius 2 is 1.85 bits per heavy atom. The number of nitrogens with zero attached hydrogens (tertiary/aromatic N) is 1. The molecule has 0 aliphatic carbocycles. The maximum atomic E-state index is 13.7. The molecule has 0 bridgehead atoms. The van der Waals surface area contributed by atoms with Crippen molar-refractivity contribution in [3.8, 4) is 0 Å². The predicted molar refractivity (Wildman–Crippen MR) is 72.8 cm³/mol. The van der Waals surface area contributed by atoms with Crippen molar-refractivity contribution in [2.45, 2.75) is 6.54 Å². The lowest BCUT2D eigenvalue weighted by Crippen LogP contribution is -2.03. The molecule has 1 aromatic heterocycles. The van der Waals surface area contributed by atoms with Crippen LogP contribution in [0.1, 0.15) is 15.9 Å². The van der Waals surface area contributed by atoms with Crippen LogP contribution in [0.2, 0.25) is 0 Å². The van der Waals surface area contributed by atoms with Crippen molar-refractivity contribution in [3.05, 3.63) is 71.4 Å². The summed E-state index contributed by atoms with van der Waals surface area (Å²) in [6, 6.07) is 11.3. The number of hydrogen-bond donors (Lipinski definition) is 0.